The Morgan fingerprint density at radius 2 is 2.15 bits per heavy atom. The highest BCUT2D eigenvalue weighted by Crippen LogP contribution is 2.38. The van der Waals surface area contributed by atoms with Crippen molar-refractivity contribution in [1.29, 1.82) is 0 Å². The van der Waals surface area contributed by atoms with Gasteiger partial charge in [0.2, 0.25) is 0 Å². The van der Waals surface area contributed by atoms with Gasteiger partial charge < -0.3 is 14.8 Å². The first kappa shape index (κ1) is 17.3. The summed E-state index contributed by atoms with van der Waals surface area (Å²) in [4.78, 5) is 15.0. The number of aryl methyl sites for hydroxylation is 1. The zero-order valence-electron chi connectivity index (χ0n) is 15.1. The third kappa shape index (κ3) is 3.68. The monoisotopic (exact) mass is 358 g/mol. The van der Waals surface area contributed by atoms with Crippen LogP contribution in [-0.4, -0.2) is 44.9 Å². The van der Waals surface area contributed by atoms with Crippen LogP contribution >= 0.6 is 0 Å². The summed E-state index contributed by atoms with van der Waals surface area (Å²) >= 11 is 0. The molecule has 1 aliphatic heterocycles. The number of aliphatic hydroxyl groups excluding tert-OH is 1. The maximum Gasteiger partial charge on any atom is 0.287 e. The summed E-state index contributed by atoms with van der Waals surface area (Å²) in [6.45, 7) is 2.94. The van der Waals surface area contributed by atoms with Crippen LogP contribution in [0.4, 0.5) is 0 Å². The number of furan rings is 1. The minimum Gasteiger partial charge on any atom is -0.455 e. The molecule has 1 aliphatic carbocycles. The largest absolute Gasteiger partial charge is 0.455 e. The molecule has 1 saturated heterocycles. The van der Waals surface area contributed by atoms with Crippen LogP contribution in [0, 0.1) is 5.92 Å². The first-order valence-corrected chi connectivity index (χ1v) is 9.37. The molecule has 0 bridgehead atoms. The quantitative estimate of drug-likeness (QED) is 0.823. The molecule has 0 unspecified atom stereocenters. The number of nitrogens with one attached hydrogen (secondary N) is 1. The number of amides is 1. The predicted molar refractivity (Wildman–Crippen MR) is 95.4 cm³/mol. The fourth-order valence-corrected chi connectivity index (χ4v) is 3.93. The average molecular weight is 358 g/mol. The molecular weight excluding hydrogens is 332 g/mol. The molecular formula is C19H26N4O3. The number of rotatable bonds is 6. The fraction of sp³-hybridized carbons (Fsp3) is 0.579. The zero-order valence-corrected chi connectivity index (χ0v) is 15.1. The standard InChI is InChI=1S/C19H26N4O3/c1-22-11-14(10-20-22)18(13-8-15(24)9-13)21-19(25)17-5-4-16(26-17)12-23-6-2-3-7-23/h4-5,10-11,13,15,18,24H,2-3,6-9,12H2,1H3,(H,21,25)/t13?,15?,18-/m0/s1. The summed E-state index contributed by atoms with van der Waals surface area (Å²) in [5.41, 5.74) is 0.960. The third-order valence-corrected chi connectivity index (χ3v) is 5.46. The Labute approximate surface area is 153 Å². The lowest BCUT2D eigenvalue weighted by Crippen LogP contribution is -2.41. The number of hydrogen-bond acceptors (Lipinski definition) is 5. The molecule has 1 atom stereocenters. The first-order chi connectivity index (χ1) is 12.6. The molecule has 2 aromatic heterocycles. The molecule has 1 amide bonds. The van der Waals surface area contributed by atoms with Crippen molar-refractivity contribution in [2.75, 3.05) is 13.1 Å². The number of likely N-dealkylation sites (tertiary alicyclic amines) is 1. The highest BCUT2D eigenvalue weighted by atomic mass is 16.4. The predicted octanol–water partition coefficient (Wildman–Crippen LogP) is 1.85. The van der Waals surface area contributed by atoms with Gasteiger partial charge in [0, 0.05) is 18.8 Å². The summed E-state index contributed by atoms with van der Waals surface area (Å²) in [7, 11) is 1.86. The molecule has 140 valence electrons. The van der Waals surface area contributed by atoms with Gasteiger partial charge in [0.25, 0.3) is 5.91 Å². The van der Waals surface area contributed by atoms with Crippen molar-refractivity contribution in [2.24, 2.45) is 13.0 Å². The van der Waals surface area contributed by atoms with E-state index in [1.54, 1.807) is 16.9 Å². The van der Waals surface area contributed by atoms with Gasteiger partial charge in [0.05, 0.1) is 24.9 Å². The molecule has 3 heterocycles. The summed E-state index contributed by atoms with van der Waals surface area (Å²) in [6, 6.07) is 3.47. The summed E-state index contributed by atoms with van der Waals surface area (Å²) < 4.78 is 7.50. The number of nitrogens with zero attached hydrogens (tertiary/aromatic N) is 3. The minimum absolute atomic E-state index is 0.160. The number of hydrogen-bond donors (Lipinski definition) is 2. The second-order valence-electron chi connectivity index (χ2n) is 7.53. The van der Waals surface area contributed by atoms with E-state index < -0.39 is 0 Å². The van der Waals surface area contributed by atoms with Gasteiger partial charge >= 0.3 is 0 Å². The van der Waals surface area contributed by atoms with E-state index >= 15 is 0 Å². The van der Waals surface area contributed by atoms with Crippen molar-refractivity contribution in [1.82, 2.24) is 20.0 Å². The van der Waals surface area contributed by atoms with Crippen molar-refractivity contribution in [3.8, 4) is 0 Å². The smallest absolute Gasteiger partial charge is 0.287 e. The number of carbonyl (C=O) groups is 1. The Hall–Kier alpha value is -2.12. The van der Waals surface area contributed by atoms with E-state index in [1.165, 1.54) is 12.8 Å². The highest BCUT2D eigenvalue weighted by molar-refractivity contribution is 5.91. The molecule has 2 N–H and O–H groups in total. The highest BCUT2D eigenvalue weighted by Gasteiger charge is 2.36. The Balaban J connectivity index is 1.43. The molecule has 4 rings (SSSR count). The second kappa shape index (κ2) is 7.25. The summed E-state index contributed by atoms with van der Waals surface area (Å²) in [6.07, 6.45) is 7.26. The summed E-state index contributed by atoms with van der Waals surface area (Å²) in [5, 5.41) is 16.9. The Kier molecular flexibility index (Phi) is 4.82. The van der Waals surface area contributed by atoms with Gasteiger partial charge in [-0.15, -0.1) is 0 Å². The average Bonchev–Trinajstić information content (AvgIpc) is 3.32. The molecule has 7 heteroatoms. The zero-order chi connectivity index (χ0) is 18.1. The Bertz CT molecular complexity index is 756. The maximum absolute atomic E-state index is 12.7. The number of aliphatic hydroxyl groups is 1. The second-order valence-corrected chi connectivity index (χ2v) is 7.53. The normalized spacial score (nSPS) is 24.4. The topological polar surface area (TPSA) is 83.5 Å². The van der Waals surface area contributed by atoms with Gasteiger partial charge in [-0.2, -0.15) is 5.10 Å². The molecule has 0 aromatic carbocycles. The van der Waals surface area contributed by atoms with Crippen LogP contribution < -0.4 is 5.32 Å². The van der Waals surface area contributed by atoms with Crippen LogP contribution in [0.3, 0.4) is 0 Å². The van der Waals surface area contributed by atoms with Crippen molar-refractivity contribution in [2.45, 2.75) is 44.4 Å². The molecule has 7 nitrogen and oxygen atoms in total. The third-order valence-electron chi connectivity index (χ3n) is 5.46. The molecule has 2 fully saturated rings. The Morgan fingerprint density at radius 1 is 1.38 bits per heavy atom. The molecule has 0 radical (unpaired) electrons. The van der Waals surface area contributed by atoms with E-state index in [4.69, 9.17) is 4.42 Å². The maximum atomic E-state index is 12.7. The van der Waals surface area contributed by atoms with Crippen LogP contribution in [0.2, 0.25) is 0 Å². The van der Waals surface area contributed by atoms with Gasteiger partial charge in [-0.3, -0.25) is 14.4 Å². The molecule has 26 heavy (non-hydrogen) atoms. The van der Waals surface area contributed by atoms with E-state index in [0.717, 1.165) is 31.0 Å². The minimum atomic E-state index is -0.272. The van der Waals surface area contributed by atoms with Gasteiger partial charge in [-0.05, 0) is 56.8 Å². The van der Waals surface area contributed by atoms with Gasteiger partial charge in [0.15, 0.2) is 5.76 Å². The van der Waals surface area contributed by atoms with E-state index in [1.807, 2.05) is 19.3 Å². The number of aromatic nitrogens is 2. The van der Waals surface area contributed by atoms with Gasteiger partial charge in [0.1, 0.15) is 5.76 Å². The lowest BCUT2D eigenvalue weighted by atomic mass is 9.75. The van der Waals surface area contributed by atoms with E-state index in [9.17, 15) is 9.90 Å². The van der Waals surface area contributed by atoms with Crippen LogP contribution in [0.15, 0.2) is 28.9 Å². The van der Waals surface area contributed by atoms with Crippen molar-refractivity contribution in [3.05, 3.63) is 41.6 Å². The van der Waals surface area contributed by atoms with Crippen LogP contribution in [-0.2, 0) is 13.6 Å². The van der Waals surface area contributed by atoms with Crippen LogP contribution in [0.1, 0.15) is 53.6 Å². The lowest BCUT2D eigenvalue weighted by Gasteiger charge is -2.37. The molecule has 0 spiro atoms. The first-order valence-electron chi connectivity index (χ1n) is 9.37. The fourth-order valence-electron chi connectivity index (χ4n) is 3.93. The van der Waals surface area contributed by atoms with Gasteiger partial charge in [-0.1, -0.05) is 0 Å². The van der Waals surface area contributed by atoms with Crippen molar-refractivity contribution >= 4 is 5.91 Å². The van der Waals surface area contributed by atoms with Crippen LogP contribution in [0.25, 0.3) is 0 Å². The van der Waals surface area contributed by atoms with E-state index in [0.29, 0.717) is 18.6 Å². The van der Waals surface area contributed by atoms with Crippen molar-refractivity contribution < 1.29 is 14.3 Å². The van der Waals surface area contributed by atoms with E-state index in [-0.39, 0.29) is 24.0 Å². The SMILES string of the molecule is Cn1cc([C@@H](NC(=O)c2ccc(CN3CCCC3)o2)C2CC(O)C2)cn1. The molecule has 2 aliphatic rings. The molecule has 2 aromatic rings. The van der Waals surface area contributed by atoms with Crippen molar-refractivity contribution in [3.63, 3.8) is 0 Å². The Morgan fingerprint density at radius 3 is 2.81 bits per heavy atom. The molecule has 1 saturated carbocycles. The van der Waals surface area contributed by atoms with Crippen LogP contribution in [0.5, 0.6) is 0 Å². The van der Waals surface area contributed by atoms with Gasteiger partial charge in [-0.25, -0.2) is 0 Å². The lowest BCUT2D eigenvalue weighted by molar-refractivity contribution is 0.0232. The van der Waals surface area contributed by atoms with E-state index in [2.05, 4.69) is 15.3 Å². The number of carbonyl (C=O) groups excluding carboxylic acids is 1. The summed E-state index contributed by atoms with van der Waals surface area (Å²) in [5.74, 6) is 1.17.